The van der Waals surface area contributed by atoms with Crippen LogP contribution in [0, 0.1) is 0 Å². The Morgan fingerprint density at radius 3 is 3.00 bits per heavy atom. The van der Waals surface area contributed by atoms with Crippen molar-refractivity contribution in [1.29, 1.82) is 0 Å². The van der Waals surface area contributed by atoms with Gasteiger partial charge in [-0.1, -0.05) is 18.2 Å². The number of anilines is 1. The van der Waals surface area contributed by atoms with Gasteiger partial charge in [-0.05, 0) is 59.3 Å². The van der Waals surface area contributed by atoms with Crippen LogP contribution in [0.25, 0.3) is 16.6 Å². The monoisotopic (exact) mass is 319 g/mol. The molecule has 24 heavy (non-hydrogen) atoms. The van der Waals surface area contributed by atoms with Crippen molar-refractivity contribution in [2.24, 2.45) is 0 Å². The van der Waals surface area contributed by atoms with Crippen LogP contribution < -0.4 is 4.90 Å². The van der Waals surface area contributed by atoms with E-state index in [0.29, 0.717) is 11.7 Å². The predicted molar refractivity (Wildman–Crippen MR) is 90.8 cm³/mol. The first-order valence-electron chi connectivity index (χ1n) is 8.28. The molecule has 3 aromatic heterocycles. The van der Waals surface area contributed by atoms with Gasteiger partial charge in [0.2, 0.25) is 0 Å². The number of piperidine rings is 1. The number of benzene rings is 1. The largest absolute Gasteiger partial charge is 0.357 e. The van der Waals surface area contributed by atoms with Gasteiger partial charge in [0, 0.05) is 17.8 Å². The van der Waals surface area contributed by atoms with E-state index in [0.717, 1.165) is 18.8 Å². The molecule has 1 aromatic carbocycles. The highest BCUT2D eigenvalue weighted by molar-refractivity contribution is 5.80. The van der Waals surface area contributed by atoms with Crippen molar-refractivity contribution in [1.82, 2.24) is 30.2 Å². The van der Waals surface area contributed by atoms with Crippen molar-refractivity contribution < 1.29 is 0 Å². The van der Waals surface area contributed by atoms with Gasteiger partial charge in [0.05, 0.1) is 6.04 Å². The summed E-state index contributed by atoms with van der Waals surface area (Å²) in [7, 11) is 0. The maximum atomic E-state index is 4.58. The second-order valence-electron chi connectivity index (χ2n) is 6.23. The van der Waals surface area contributed by atoms with Crippen molar-refractivity contribution in [3.8, 4) is 0 Å². The number of tetrazole rings is 1. The normalized spacial score (nSPS) is 18.5. The molecule has 7 heteroatoms. The Morgan fingerprint density at radius 2 is 2.04 bits per heavy atom. The van der Waals surface area contributed by atoms with E-state index in [-0.39, 0.29) is 0 Å². The van der Waals surface area contributed by atoms with E-state index in [9.17, 15) is 0 Å². The lowest BCUT2D eigenvalue weighted by molar-refractivity contribution is 0.460. The number of nitrogens with one attached hydrogen (secondary N) is 1. The van der Waals surface area contributed by atoms with Crippen LogP contribution in [0.3, 0.4) is 0 Å². The number of nitrogens with zero attached hydrogens (tertiary/aromatic N) is 6. The summed E-state index contributed by atoms with van der Waals surface area (Å²) in [6.45, 7) is 0.987. The molecule has 7 nitrogen and oxygen atoms in total. The molecule has 0 radical (unpaired) electrons. The van der Waals surface area contributed by atoms with Gasteiger partial charge in [0.15, 0.2) is 11.5 Å². The van der Waals surface area contributed by atoms with Gasteiger partial charge < -0.3 is 9.88 Å². The minimum absolute atomic E-state index is 0.299. The minimum Gasteiger partial charge on any atom is -0.357 e. The maximum absolute atomic E-state index is 4.58. The molecular formula is C17H17N7. The van der Waals surface area contributed by atoms with Crippen LogP contribution in [-0.2, 0) is 0 Å². The summed E-state index contributed by atoms with van der Waals surface area (Å²) in [4.78, 5) is 5.94. The lowest BCUT2D eigenvalue weighted by Gasteiger charge is -2.36. The smallest absolute Gasteiger partial charge is 0.200 e. The Hall–Kier alpha value is -2.96. The van der Waals surface area contributed by atoms with Gasteiger partial charge >= 0.3 is 0 Å². The third-order valence-electron chi connectivity index (χ3n) is 4.76. The Labute approximate surface area is 138 Å². The molecule has 0 amide bonds. The quantitative estimate of drug-likeness (QED) is 0.615. The standard InChI is InChI=1S/C17H17N7/c1-2-6-13-12(5-1)11-14(18-13)15-7-3-4-10-23(15)17-9-8-16-19-21-22-24(16)20-17/h1-2,5-6,8-9,11,15,18H,3-4,7,10H2. The highest BCUT2D eigenvalue weighted by Crippen LogP contribution is 2.34. The SMILES string of the molecule is c1ccc2[nH]c(C3CCCCN3c3ccc4nnnn4n3)cc2c1. The summed E-state index contributed by atoms with van der Waals surface area (Å²) in [5.41, 5.74) is 3.09. The summed E-state index contributed by atoms with van der Waals surface area (Å²) in [5.74, 6) is 0.915. The van der Waals surface area contributed by atoms with E-state index in [2.05, 4.69) is 60.8 Å². The summed E-state index contributed by atoms with van der Waals surface area (Å²) in [6.07, 6.45) is 3.51. The van der Waals surface area contributed by atoms with E-state index in [4.69, 9.17) is 0 Å². The van der Waals surface area contributed by atoms with Crippen LogP contribution in [0.4, 0.5) is 5.82 Å². The summed E-state index contributed by atoms with van der Waals surface area (Å²) in [5, 5.41) is 17.3. The fourth-order valence-electron chi connectivity index (χ4n) is 3.60. The first kappa shape index (κ1) is 13.5. The van der Waals surface area contributed by atoms with E-state index in [1.807, 2.05) is 12.1 Å². The molecule has 1 aliphatic heterocycles. The zero-order valence-electron chi connectivity index (χ0n) is 13.1. The molecular weight excluding hydrogens is 302 g/mol. The summed E-state index contributed by atoms with van der Waals surface area (Å²) >= 11 is 0. The Balaban J connectivity index is 1.57. The second kappa shape index (κ2) is 5.30. The fourth-order valence-corrected chi connectivity index (χ4v) is 3.60. The van der Waals surface area contributed by atoms with Gasteiger partial charge in [-0.2, -0.15) is 0 Å². The molecule has 1 fully saturated rings. The third kappa shape index (κ3) is 2.12. The Morgan fingerprint density at radius 1 is 1.08 bits per heavy atom. The fraction of sp³-hybridized carbons (Fsp3) is 0.294. The maximum Gasteiger partial charge on any atom is 0.200 e. The van der Waals surface area contributed by atoms with Gasteiger partial charge in [0.1, 0.15) is 0 Å². The number of H-pyrrole nitrogens is 1. The molecule has 1 aliphatic rings. The Kier molecular flexibility index (Phi) is 2.97. The predicted octanol–water partition coefficient (Wildman–Crippen LogP) is 2.73. The molecule has 120 valence electrons. The molecule has 0 bridgehead atoms. The number of fused-ring (bicyclic) bond motifs is 2. The minimum atomic E-state index is 0.299. The van der Waals surface area contributed by atoms with Gasteiger partial charge in [0.25, 0.3) is 0 Å². The molecule has 0 aliphatic carbocycles. The molecule has 1 saturated heterocycles. The summed E-state index contributed by atoms with van der Waals surface area (Å²) < 4.78 is 1.49. The average molecular weight is 319 g/mol. The van der Waals surface area contributed by atoms with Gasteiger partial charge in [-0.3, -0.25) is 0 Å². The molecule has 1 unspecified atom stereocenters. The molecule has 4 aromatic rings. The number of rotatable bonds is 2. The number of aromatic amines is 1. The van der Waals surface area contributed by atoms with Gasteiger partial charge in [-0.25, -0.2) is 0 Å². The summed E-state index contributed by atoms with van der Waals surface area (Å²) in [6, 6.07) is 14.9. The van der Waals surface area contributed by atoms with Crippen molar-refractivity contribution >= 4 is 22.4 Å². The van der Waals surface area contributed by atoms with E-state index in [1.165, 1.54) is 34.1 Å². The van der Waals surface area contributed by atoms with Crippen molar-refractivity contribution in [2.75, 3.05) is 11.4 Å². The first-order valence-corrected chi connectivity index (χ1v) is 8.28. The molecule has 5 rings (SSSR count). The zero-order valence-corrected chi connectivity index (χ0v) is 13.1. The third-order valence-corrected chi connectivity index (χ3v) is 4.76. The molecule has 1 N–H and O–H groups in total. The van der Waals surface area contributed by atoms with E-state index in [1.54, 1.807) is 0 Å². The number of para-hydroxylation sites is 1. The van der Waals surface area contributed by atoms with Crippen LogP contribution in [0.15, 0.2) is 42.5 Å². The molecule has 0 saturated carbocycles. The van der Waals surface area contributed by atoms with Crippen LogP contribution in [0.2, 0.25) is 0 Å². The number of aromatic nitrogens is 6. The van der Waals surface area contributed by atoms with Crippen LogP contribution in [0.5, 0.6) is 0 Å². The second-order valence-corrected chi connectivity index (χ2v) is 6.23. The lowest BCUT2D eigenvalue weighted by atomic mass is 9.99. The van der Waals surface area contributed by atoms with Crippen molar-refractivity contribution in [3.05, 3.63) is 48.2 Å². The zero-order chi connectivity index (χ0) is 15.9. The van der Waals surface area contributed by atoms with E-state index >= 15 is 0 Å². The van der Waals surface area contributed by atoms with Crippen molar-refractivity contribution in [3.63, 3.8) is 0 Å². The van der Waals surface area contributed by atoms with Crippen LogP contribution in [-0.4, -0.2) is 36.8 Å². The van der Waals surface area contributed by atoms with Crippen molar-refractivity contribution in [2.45, 2.75) is 25.3 Å². The van der Waals surface area contributed by atoms with Gasteiger partial charge in [-0.15, -0.1) is 14.8 Å². The van der Waals surface area contributed by atoms with E-state index < -0.39 is 0 Å². The Bertz CT molecular complexity index is 959. The first-order chi connectivity index (χ1) is 11.9. The number of hydrogen-bond donors (Lipinski definition) is 1. The van der Waals surface area contributed by atoms with Crippen LogP contribution >= 0.6 is 0 Å². The average Bonchev–Trinajstić information content (AvgIpc) is 3.27. The molecule has 0 spiro atoms. The topological polar surface area (TPSA) is 75.0 Å². The molecule has 4 heterocycles. The highest BCUT2D eigenvalue weighted by atomic mass is 15.6. The molecule has 1 atom stereocenters. The lowest BCUT2D eigenvalue weighted by Crippen LogP contribution is -2.34. The van der Waals surface area contributed by atoms with Crippen LogP contribution in [0.1, 0.15) is 31.0 Å². The number of hydrogen-bond acceptors (Lipinski definition) is 5. The highest BCUT2D eigenvalue weighted by Gasteiger charge is 2.27.